The molecule has 0 amide bonds. The van der Waals surface area contributed by atoms with Crippen LogP contribution in [0.15, 0.2) is 48.8 Å². The zero-order valence-electron chi connectivity index (χ0n) is 15.5. The van der Waals surface area contributed by atoms with E-state index in [-0.39, 0.29) is 23.5 Å². The van der Waals surface area contributed by atoms with E-state index >= 15 is 0 Å². The molecule has 2 heterocycles. The van der Waals surface area contributed by atoms with Crippen molar-refractivity contribution in [2.24, 2.45) is 0 Å². The maximum atomic E-state index is 10.2. The van der Waals surface area contributed by atoms with Crippen LogP contribution in [0.5, 0.6) is 5.75 Å². The Morgan fingerprint density at radius 2 is 2.00 bits per heavy atom. The fourth-order valence-electron chi connectivity index (χ4n) is 3.38. The van der Waals surface area contributed by atoms with Crippen molar-refractivity contribution in [3.63, 3.8) is 0 Å². The summed E-state index contributed by atoms with van der Waals surface area (Å²) >= 11 is 0. The van der Waals surface area contributed by atoms with Gasteiger partial charge in [-0.05, 0) is 51.0 Å². The predicted molar refractivity (Wildman–Crippen MR) is 105 cm³/mol. The van der Waals surface area contributed by atoms with Crippen molar-refractivity contribution >= 4 is 11.6 Å². The first-order chi connectivity index (χ1) is 12.9. The number of phenols is 1. The second kappa shape index (κ2) is 8.18. The van der Waals surface area contributed by atoms with Gasteiger partial charge in [-0.3, -0.25) is 5.41 Å². The average Bonchev–Trinajstić information content (AvgIpc) is 3.13. The molecule has 1 unspecified atom stereocenters. The van der Waals surface area contributed by atoms with E-state index in [4.69, 9.17) is 15.6 Å². The first-order valence-electron chi connectivity index (χ1n) is 9.03. The van der Waals surface area contributed by atoms with Crippen molar-refractivity contribution in [1.82, 2.24) is 15.1 Å². The van der Waals surface area contributed by atoms with E-state index in [2.05, 4.69) is 24.3 Å². The highest BCUT2D eigenvalue weighted by Crippen LogP contribution is 2.22. The average molecular weight is 367 g/mol. The second-order valence-electron chi connectivity index (χ2n) is 6.94. The van der Waals surface area contributed by atoms with Gasteiger partial charge in [0.05, 0.1) is 11.4 Å². The Morgan fingerprint density at radius 1 is 1.26 bits per heavy atom. The van der Waals surface area contributed by atoms with Gasteiger partial charge in [0.2, 0.25) is 5.90 Å². The largest absolute Gasteiger partial charge is 0.507 e. The number of nitrogens with zero attached hydrogens (tertiary/aromatic N) is 2. The molecule has 3 rings (SSSR count). The third-order valence-electron chi connectivity index (χ3n) is 4.54. The number of aromatic hydroxyl groups is 1. The molecule has 4 N–H and O–H groups in total. The minimum absolute atomic E-state index is 0.00402. The Morgan fingerprint density at radius 3 is 2.63 bits per heavy atom. The Labute approximate surface area is 158 Å². The van der Waals surface area contributed by atoms with Gasteiger partial charge in [0.1, 0.15) is 11.9 Å². The predicted octanol–water partition coefficient (Wildman–Crippen LogP) is 3.02. The Bertz CT molecular complexity index is 834. The van der Waals surface area contributed by atoms with Gasteiger partial charge in [-0.1, -0.05) is 0 Å². The van der Waals surface area contributed by atoms with Crippen molar-refractivity contribution in [2.75, 3.05) is 0 Å². The molecule has 1 aromatic carbocycles. The number of aromatic nitrogens is 2. The summed E-state index contributed by atoms with van der Waals surface area (Å²) in [7, 11) is 0. The molecule has 1 fully saturated rings. The number of hydrogen-bond donors (Lipinski definition) is 4. The molecular formula is C20H25N5O2. The quantitative estimate of drug-likeness (QED) is 0.481. The van der Waals surface area contributed by atoms with Gasteiger partial charge in [-0.15, -0.1) is 0 Å². The molecule has 0 radical (unpaired) electrons. The lowest BCUT2D eigenvalue weighted by molar-refractivity contribution is 0.113. The van der Waals surface area contributed by atoms with Crippen LogP contribution in [0.3, 0.4) is 0 Å². The molecule has 1 aromatic heterocycles. The van der Waals surface area contributed by atoms with Crippen LogP contribution in [-0.4, -0.2) is 44.7 Å². The van der Waals surface area contributed by atoms with Gasteiger partial charge >= 0.3 is 0 Å². The molecule has 7 nitrogen and oxygen atoms in total. The van der Waals surface area contributed by atoms with Gasteiger partial charge in [0.15, 0.2) is 0 Å². The van der Waals surface area contributed by atoms with Crippen molar-refractivity contribution in [3.8, 4) is 11.4 Å². The van der Waals surface area contributed by atoms with Crippen LogP contribution in [-0.2, 0) is 4.74 Å². The molecule has 1 aliphatic heterocycles. The molecule has 0 spiro atoms. The van der Waals surface area contributed by atoms with Crippen LogP contribution >= 0.6 is 0 Å². The van der Waals surface area contributed by atoms with E-state index < -0.39 is 0 Å². The molecule has 7 heteroatoms. The Balaban J connectivity index is 1.61. The van der Waals surface area contributed by atoms with Crippen molar-refractivity contribution < 1.29 is 9.84 Å². The molecule has 0 bridgehead atoms. The lowest BCUT2D eigenvalue weighted by Crippen LogP contribution is -2.45. The van der Waals surface area contributed by atoms with Crippen molar-refractivity contribution in [1.29, 1.82) is 10.8 Å². The second-order valence-corrected chi connectivity index (χ2v) is 6.94. The van der Waals surface area contributed by atoms with Crippen LogP contribution in [0.1, 0.15) is 32.3 Å². The fourth-order valence-corrected chi connectivity index (χ4v) is 3.38. The first kappa shape index (κ1) is 18.8. The van der Waals surface area contributed by atoms with E-state index in [1.165, 1.54) is 12.2 Å². The Hall–Kier alpha value is -2.93. The highest BCUT2D eigenvalue weighted by molar-refractivity contribution is 6.10. The Kier molecular flexibility index (Phi) is 5.71. The van der Waals surface area contributed by atoms with E-state index in [0.717, 1.165) is 12.8 Å². The summed E-state index contributed by atoms with van der Waals surface area (Å²) in [6.07, 6.45) is 8.08. The fraction of sp³-hybridized carbons (Fsp3) is 0.350. The maximum absolute atomic E-state index is 10.2. The number of phenolic OH excluding ortho intramolecular Hbond substituents is 1. The summed E-state index contributed by atoms with van der Waals surface area (Å²) in [5, 5.41) is 33.9. The van der Waals surface area contributed by atoms with E-state index in [1.54, 1.807) is 41.3 Å². The van der Waals surface area contributed by atoms with Gasteiger partial charge in [-0.25, -0.2) is 4.68 Å². The first-order valence-corrected chi connectivity index (χ1v) is 9.03. The van der Waals surface area contributed by atoms with Crippen LogP contribution in [0, 0.1) is 10.8 Å². The number of nitrogens with one attached hydrogen (secondary N) is 3. The van der Waals surface area contributed by atoms with E-state index in [9.17, 15) is 5.11 Å². The topological polar surface area (TPSA) is 107 Å². The summed E-state index contributed by atoms with van der Waals surface area (Å²) in [5.41, 5.74) is 1.21. The monoisotopic (exact) mass is 367 g/mol. The number of allylic oxidation sites excluding steroid dienone is 1. The van der Waals surface area contributed by atoms with Gasteiger partial charge in [0, 0.05) is 42.2 Å². The summed E-state index contributed by atoms with van der Waals surface area (Å²) in [6, 6.07) is 7.53. The summed E-state index contributed by atoms with van der Waals surface area (Å²) in [5.74, 6) is 0.0183. The van der Waals surface area contributed by atoms with Crippen LogP contribution < -0.4 is 5.32 Å². The normalized spacial score (nSPS) is 22.7. The van der Waals surface area contributed by atoms with E-state index in [0.29, 0.717) is 23.3 Å². The zero-order valence-corrected chi connectivity index (χ0v) is 15.5. The molecule has 142 valence electrons. The van der Waals surface area contributed by atoms with Crippen LogP contribution in [0.4, 0.5) is 0 Å². The highest BCUT2D eigenvalue weighted by Gasteiger charge is 2.24. The van der Waals surface area contributed by atoms with E-state index in [1.807, 2.05) is 0 Å². The number of hydrogen-bond acceptors (Lipinski definition) is 6. The minimum atomic E-state index is -0.00824. The van der Waals surface area contributed by atoms with Crippen LogP contribution in [0.2, 0.25) is 0 Å². The standard InChI is InChI=1S/C20H25N5O2/c1-13-10-16(11-14(2)24-13)27-20(22)7-6-18(21)17-5-4-15(12-19(17)26)25-9-3-8-23-25/h3-9,12-14,16,21-22,24,26H,10-11H2,1-2H3/b7-6-,21-18?,22-20?/t13-,14+,16?. The van der Waals surface area contributed by atoms with Gasteiger partial charge < -0.3 is 20.6 Å². The number of rotatable bonds is 5. The summed E-state index contributed by atoms with van der Waals surface area (Å²) in [6.45, 7) is 4.22. The number of ether oxygens (including phenoxy) is 1. The van der Waals surface area contributed by atoms with Crippen LogP contribution in [0.25, 0.3) is 5.69 Å². The summed E-state index contributed by atoms with van der Waals surface area (Å²) < 4.78 is 7.33. The lowest BCUT2D eigenvalue weighted by Gasteiger charge is -2.32. The smallest absolute Gasteiger partial charge is 0.206 e. The highest BCUT2D eigenvalue weighted by atomic mass is 16.5. The number of piperidine rings is 1. The zero-order chi connectivity index (χ0) is 19.4. The summed E-state index contributed by atoms with van der Waals surface area (Å²) in [4.78, 5) is 0. The molecular weight excluding hydrogens is 342 g/mol. The van der Waals surface area contributed by atoms with Gasteiger partial charge in [-0.2, -0.15) is 5.10 Å². The minimum Gasteiger partial charge on any atom is -0.507 e. The lowest BCUT2D eigenvalue weighted by atomic mass is 9.98. The van der Waals surface area contributed by atoms with Gasteiger partial charge in [0.25, 0.3) is 0 Å². The molecule has 0 saturated carbocycles. The molecule has 3 atom stereocenters. The molecule has 1 aliphatic rings. The third-order valence-corrected chi connectivity index (χ3v) is 4.54. The maximum Gasteiger partial charge on any atom is 0.206 e. The SMILES string of the molecule is C[C@@H]1CC(OC(=N)/C=C\C(=N)c2ccc(-n3cccn3)cc2O)C[C@H](C)N1. The molecule has 27 heavy (non-hydrogen) atoms. The van der Waals surface area contributed by atoms with Crippen molar-refractivity contribution in [3.05, 3.63) is 54.4 Å². The van der Waals surface area contributed by atoms with Crippen molar-refractivity contribution in [2.45, 2.75) is 44.9 Å². The molecule has 0 aliphatic carbocycles. The number of benzene rings is 1. The molecule has 2 aromatic rings. The molecule has 1 saturated heterocycles. The third kappa shape index (κ3) is 4.83.